The number of fused-ring (bicyclic) bond motifs is 1. The molecule has 4 heteroatoms. The number of hydrogen-bond acceptors (Lipinski definition) is 3. The predicted octanol–water partition coefficient (Wildman–Crippen LogP) is 4.62. The molecule has 0 aliphatic rings. The van der Waals surface area contributed by atoms with E-state index in [1.54, 1.807) is 19.1 Å². The smallest absolute Gasteiger partial charge is 0.229 e. The van der Waals surface area contributed by atoms with Gasteiger partial charge in [-0.1, -0.05) is 36.4 Å². The van der Waals surface area contributed by atoms with E-state index in [9.17, 15) is 4.79 Å². The molecule has 0 saturated carbocycles. The largest absolute Gasteiger partial charge is 0.497 e. The topological polar surface area (TPSA) is 38.8 Å². The van der Waals surface area contributed by atoms with Crippen molar-refractivity contribution in [3.63, 3.8) is 0 Å². The fraction of sp³-hybridized carbons (Fsp3) is 0.261. The molecule has 3 aromatic rings. The molecule has 4 nitrogen and oxygen atoms in total. The van der Waals surface area contributed by atoms with Crippen molar-refractivity contribution in [3.8, 4) is 11.5 Å². The third-order valence-corrected chi connectivity index (χ3v) is 4.90. The maximum atomic E-state index is 12.9. The van der Waals surface area contributed by atoms with Crippen molar-refractivity contribution in [2.24, 2.45) is 0 Å². The lowest BCUT2D eigenvalue weighted by Crippen LogP contribution is -2.30. The Balaban J connectivity index is 1.74. The van der Waals surface area contributed by atoms with E-state index in [2.05, 4.69) is 6.07 Å². The summed E-state index contributed by atoms with van der Waals surface area (Å²) in [5.41, 5.74) is 2.09. The Morgan fingerprint density at radius 1 is 0.889 bits per heavy atom. The standard InChI is InChI=1S/C23H25NO3/c1-16(18-7-8-20-14-22(27-4)12-9-19(20)13-18)23(25)24(2)15-17-5-10-21(26-3)11-6-17/h5-14,16H,15H2,1-4H3/t16-/m0/s1. The third-order valence-electron chi connectivity index (χ3n) is 4.90. The van der Waals surface area contributed by atoms with Crippen LogP contribution in [-0.2, 0) is 11.3 Å². The molecule has 0 heterocycles. The number of ether oxygens (including phenoxy) is 2. The monoisotopic (exact) mass is 363 g/mol. The van der Waals surface area contributed by atoms with Crippen LogP contribution in [0, 0.1) is 0 Å². The highest BCUT2D eigenvalue weighted by atomic mass is 16.5. The van der Waals surface area contributed by atoms with E-state index in [4.69, 9.17) is 9.47 Å². The van der Waals surface area contributed by atoms with Crippen molar-refractivity contribution in [2.45, 2.75) is 19.4 Å². The molecule has 3 rings (SSSR count). The molecule has 0 aromatic heterocycles. The molecule has 140 valence electrons. The van der Waals surface area contributed by atoms with Crippen LogP contribution in [-0.4, -0.2) is 32.1 Å². The molecule has 0 N–H and O–H groups in total. The molecule has 3 aromatic carbocycles. The summed E-state index contributed by atoms with van der Waals surface area (Å²) in [4.78, 5) is 14.7. The van der Waals surface area contributed by atoms with Crippen LogP contribution in [0.3, 0.4) is 0 Å². The summed E-state index contributed by atoms with van der Waals surface area (Å²) in [6.45, 7) is 2.52. The maximum Gasteiger partial charge on any atom is 0.229 e. The van der Waals surface area contributed by atoms with Gasteiger partial charge in [0.05, 0.1) is 20.1 Å². The number of nitrogens with zero attached hydrogens (tertiary/aromatic N) is 1. The van der Waals surface area contributed by atoms with E-state index in [1.807, 2.05) is 68.6 Å². The summed E-state index contributed by atoms with van der Waals surface area (Å²) in [6.07, 6.45) is 0. The first-order chi connectivity index (χ1) is 13.0. The molecule has 0 aliphatic carbocycles. The van der Waals surface area contributed by atoms with Gasteiger partial charge in [-0.25, -0.2) is 0 Å². The molecule has 27 heavy (non-hydrogen) atoms. The van der Waals surface area contributed by atoms with E-state index in [0.29, 0.717) is 6.54 Å². The lowest BCUT2D eigenvalue weighted by molar-refractivity contribution is -0.131. The van der Waals surface area contributed by atoms with Gasteiger partial charge in [0.1, 0.15) is 11.5 Å². The van der Waals surface area contributed by atoms with Crippen LogP contribution in [0.5, 0.6) is 11.5 Å². The van der Waals surface area contributed by atoms with E-state index in [1.165, 1.54) is 0 Å². The minimum Gasteiger partial charge on any atom is -0.497 e. The first kappa shape index (κ1) is 18.8. The van der Waals surface area contributed by atoms with Gasteiger partial charge in [-0.3, -0.25) is 4.79 Å². The van der Waals surface area contributed by atoms with Gasteiger partial charge < -0.3 is 14.4 Å². The van der Waals surface area contributed by atoms with Crippen molar-refractivity contribution in [3.05, 3.63) is 71.8 Å². The molecule has 0 aliphatic heterocycles. The summed E-state index contributed by atoms with van der Waals surface area (Å²) in [7, 11) is 5.15. The van der Waals surface area contributed by atoms with Crippen molar-refractivity contribution in [1.29, 1.82) is 0 Å². The molecule has 0 bridgehead atoms. The minimum absolute atomic E-state index is 0.0960. The summed E-state index contributed by atoms with van der Waals surface area (Å²) in [5, 5.41) is 2.20. The van der Waals surface area contributed by atoms with E-state index in [0.717, 1.165) is 33.4 Å². The number of carbonyl (C=O) groups excluding carboxylic acids is 1. The fourth-order valence-electron chi connectivity index (χ4n) is 3.19. The third kappa shape index (κ3) is 4.22. The zero-order chi connectivity index (χ0) is 19.4. The molecule has 0 spiro atoms. The van der Waals surface area contributed by atoms with Crippen LogP contribution < -0.4 is 9.47 Å². The molecule has 0 saturated heterocycles. The van der Waals surface area contributed by atoms with E-state index < -0.39 is 0 Å². The Labute approximate surface area is 160 Å². The van der Waals surface area contributed by atoms with Gasteiger partial charge in [-0.15, -0.1) is 0 Å². The molecular formula is C23H25NO3. The van der Waals surface area contributed by atoms with Crippen LogP contribution in [0.4, 0.5) is 0 Å². The summed E-state index contributed by atoms with van der Waals surface area (Å²) < 4.78 is 10.5. The van der Waals surface area contributed by atoms with E-state index >= 15 is 0 Å². The van der Waals surface area contributed by atoms with Gasteiger partial charge in [0, 0.05) is 13.6 Å². The van der Waals surface area contributed by atoms with Gasteiger partial charge in [-0.2, -0.15) is 0 Å². The lowest BCUT2D eigenvalue weighted by Gasteiger charge is -2.22. The Morgan fingerprint density at radius 3 is 2.15 bits per heavy atom. The average molecular weight is 363 g/mol. The molecular weight excluding hydrogens is 338 g/mol. The van der Waals surface area contributed by atoms with Crippen LogP contribution in [0.15, 0.2) is 60.7 Å². The van der Waals surface area contributed by atoms with E-state index in [-0.39, 0.29) is 11.8 Å². The van der Waals surface area contributed by atoms with Gasteiger partial charge in [0.2, 0.25) is 5.91 Å². The maximum absolute atomic E-state index is 12.9. The van der Waals surface area contributed by atoms with Crippen LogP contribution in [0.25, 0.3) is 10.8 Å². The van der Waals surface area contributed by atoms with Gasteiger partial charge >= 0.3 is 0 Å². The second-order valence-electron chi connectivity index (χ2n) is 6.74. The number of rotatable bonds is 6. The average Bonchev–Trinajstić information content (AvgIpc) is 2.72. The first-order valence-electron chi connectivity index (χ1n) is 8.97. The fourth-order valence-corrected chi connectivity index (χ4v) is 3.19. The molecule has 0 unspecified atom stereocenters. The first-order valence-corrected chi connectivity index (χ1v) is 8.97. The molecule has 0 fully saturated rings. The zero-order valence-corrected chi connectivity index (χ0v) is 16.2. The van der Waals surface area contributed by atoms with Crippen LogP contribution in [0.2, 0.25) is 0 Å². The molecule has 1 amide bonds. The normalized spacial score (nSPS) is 11.9. The predicted molar refractivity (Wildman–Crippen MR) is 108 cm³/mol. The van der Waals surface area contributed by atoms with Crippen LogP contribution >= 0.6 is 0 Å². The SMILES string of the molecule is COc1ccc(CN(C)C(=O)[C@@H](C)c2ccc3cc(OC)ccc3c2)cc1. The zero-order valence-electron chi connectivity index (χ0n) is 16.2. The highest BCUT2D eigenvalue weighted by molar-refractivity contribution is 5.88. The number of methoxy groups -OCH3 is 2. The van der Waals surface area contributed by atoms with Crippen molar-refractivity contribution >= 4 is 16.7 Å². The summed E-state index contributed by atoms with van der Waals surface area (Å²) >= 11 is 0. The second kappa shape index (κ2) is 8.12. The Hall–Kier alpha value is -3.01. The van der Waals surface area contributed by atoms with Gasteiger partial charge in [-0.05, 0) is 53.1 Å². The highest BCUT2D eigenvalue weighted by Gasteiger charge is 2.19. The number of carbonyl (C=O) groups is 1. The lowest BCUT2D eigenvalue weighted by atomic mass is 9.96. The molecule has 0 radical (unpaired) electrons. The van der Waals surface area contributed by atoms with Crippen molar-refractivity contribution < 1.29 is 14.3 Å². The second-order valence-corrected chi connectivity index (χ2v) is 6.74. The highest BCUT2D eigenvalue weighted by Crippen LogP contribution is 2.26. The summed E-state index contributed by atoms with van der Waals surface area (Å²) in [6, 6.07) is 19.9. The Morgan fingerprint density at radius 2 is 1.48 bits per heavy atom. The van der Waals surface area contributed by atoms with Crippen LogP contribution in [0.1, 0.15) is 24.0 Å². The Kier molecular flexibility index (Phi) is 5.65. The number of hydrogen-bond donors (Lipinski definition) is 0. The summed E-state index contributed by atoms with van der Waals surface area (Å²) in [5.74, 6) is 1.53. The number of benzene rings is 3. The Bertz CT molecular complexity index is 934. The van der Waals surface area contributed by atoms with Gasteiger partial charge in [0.15, 0.2) is 0 Å². The molecule has 1 atom stereocenters. The number of amides is 1. The van der Waals surface area contributed by atoms with Gasteiger partial charge in [0.25, 0.3) is 0 Å². The number of likely N-dealkylation sites (N-methyl/N-ethyl adjacent to an activating group) is 1. The van der Waals surface area contributed by atoms with Crippen molar-refractivity contribution in [2.75, 3.05) is 21.3 Å². The quantitative estimate of drug-likeness (QED) is 0.641. The minimum atomic E-state index is -0.209. The van der Waals surface area contributed by atoms with Crippen molar-refractivity contribution in [1.82, 2.24) is 4.90 Å².